The quantitative estimate of drug-likeness (QED) is 0.656. The molecule has 5 nitrogen and oxygen atoms in total. The van der Waals surface area contributed by atoms with E-state index in [9.17, 15) is 4.79 Å². The van der Waals surface area contributed by atoms with Crippen LogP contribution in [0.1, 0.15) is 55.1 Å². The third-order valence-electron chi connectivity index (χ3n) is 3.78. The van der Waals surface area contributed by atoms with Gasteiger partial charge >= 0.3 is 0 Å². The first-order chi connectivity index (χ1) is 9.74. The molecule has 1 aliphatic heterocycles. The van der Waals surface area contributed by atoms with Crippen molar-refractivity contribution in [2.75, 3.05) is 18.5 Å². The Morgan fingerprint density at radius 1 is 1.25 bits per heavy atom. The Morgan fingerprint density at radius 2 is 1.90 bits per heavy atom. The Balaban J connectivity index is 2.17. The number of hydrazine groups is 1. The number of likely N-dealkylation sites (tertiary alicyclic amines) is 1. The Kier molecular flexibility index (Phi) is 5.35. The summed E-state index contributed by atoms with van der Waals surface area (Å²) < 4.78 is 0. The van der Waals surface area contributed by atoms with Crippen LogP contribution < -0.4 is 11.3 Å². The van der Waals surface area contributed by atoms with Gasteiger partial charge in [-0.1, -0.05) is 26.2 Å². The number of rotatable bonds is 3. The van der Waals surface area contributed by atoms with Crippen LogP contribution in [-0.4, -0.2) is 28.9 Å². The molecule has 110 valence electrons. The van der Waals surface area contributed by atoms with E-state index in [1.54, 1.807) is 6.07 Å². The number of carbonyl (C=O) groups excluding carboxylic acids is 1. The van der Waals surface area contributed by atoms with Crippen LogP contribution in [0, 0.1) is 0 Å². The standard InChI is InChI=1S/C15H24N4O/c1-2-13-10-12(11-14(17-13)18-16)15(20)19-8-6-4-3-5-7-9-19/h10-11H,2-9,16H2,1H3,(H,17,18). The number of nitrogen functional groups attached to an aromatic ring is 1. The van der Waals surface area contributed by atoms with Crippen molar-refractivity contribution >= 4 is 11.7 Å². The van der Waals surface area contributed by atoms with E-state index < -0.39 is 0 Å². The molecule has 0 atom stereocenters. The molecule has 0 radical (unpaired) electrons. The summed E-state index contributed by atoms with van der Waals surface area (Å²) in [6.45, 7) is 3.73. The summed E-state index contributed by atoms with van der Waals surface area (Å²) in [6.07, 6.45) is 6.71. The minimum atomic E-state index is 0.0977. The minimum Gasteiger partial charge on any atom is -0.339 e. The van der Waals surface area contributed by atoms with Crippen molar-refractivity contribution in [1.29, 1.82) is 0 Å². The first-order valence-corrected chi connectivity index (χ1v) is 7.51. The van der Waals surface area contributed by atoms with Crippen LogP contribution in [0.25, 0.3) is 0 Å². The fourth-order valence-electron chi connectivity index (χ4n) is 2.60. The highest BCUT2D eigenvalue weighted by molar-refractivity contribution is 5.95. The molecule has 1 aromatic rings. The lowest BCUT2D eigenvalue weighted by Crippen LogP contribution is -2.34. The molecule has 1 fully saturated rings. The Hall–Kier alpha value is -1.62. The summed E-state index contributed by atoms with van der Waals surface area (Å²) in [6, 6.07) is 3.61. The van der Waals surface area contributed by atoms with Gasteiger partial charge in [0.15, 0.2) is 0 Å². The van der Waals surface area contributed by atoms with E-state index in [-0.39, 0.29) is 5.91 Å². The van der Waals surface area contributed by atoms with Crippen molar-refractivity contribution < 1.29 is 4.79 Å². The van der Waals surface area contributed by atoms with Crippen molar-refractivity contribution in [2.45, 2.75) is 45.4 Å². The zero-order chi connectivity index (χ0) is 14.4. The second-order valence-electron chi connectivity index (χ2n) is 5.29. The fraction of sp³-hybridized carbons (Fsp3) is 0.600. The van der Waals surface area contributed by atoms with Crippen molar-refractivity contribution in [1.82, 2.24) is 9.88 Å². The zero-order valence-corrected chi connectivity index (χ0v) is 12.2. The van der Waals surface area contributed by atoms with Gasteiger partial charge in [0.25, 0.3) is 5.91 Å². The molecule has 3 N–H and O–H groups in total. The number of aromatic nitrogens is 1. The summed E-state index contributed by atoms with van der Waals surface area (Å²) in [5, 5.41) is 0. The number of nitrogens with one attached hydrogen (secondary N) is 1. The molecule has 5 heteroatoms. The second kappa shape index (κ2) is 7.24. The van der Waals surface area contributed by atoms with Gasteiger partial charge in [-0.3, -0.25) is 4.79 Å². The molecule has 0 saturated carbocycles. The summed E-state index contributed by atoms with van der Waals surface area (Å²) in [7, 11) is 0. The number of anilines is 1. The number of carbonyl (C=O) groups is 1. The van der Waals surface area contributed by atoms with Gasteiger partial charge < -0.3 is 10.3 Å². The van der Waals surface area contributed by atoms with E-state index in [2.05, 4.69) is 10.4 Å². The van der Waals surface area contributed by atoms with Gasteiger partial charge in [-0.15, -0.1) is 0 Å². The van der Waals surface area contributed by atoms with Gasteiger partial charge in [0.05, 0.1) is 0 Å². The van der Waals surface area contributed by atoms with Crippen LogP contribution in [0.4, 0.5) is 5.82 Å². The normalized spacial score (nSPS) is 16.4. The number of pyridine rings is 1. The lowest BCUT2D eigenvalue weighted by Gasteiger charge is -2.25. The van der Waals surface area contributed by atoms with Gasteiger partial charge in [-0.2, -0.15) is 0 Å². The summed E-state index contributed by atoms with van der Waals surface area (Å²) in [4.78, 5) is 18.9. The van der Waals surface area contributed by atoms with Gasteiger partial charge in [0.2, 0.25) is 0 Å². The van der Waals surface area contributed by atoms with Gasteiger partial charge in [-0.05, 0) is 31.4 Å². The number of nitrogens with two attached hydrogens (primary N) is 1. The van der Waals surface area contributed by atoms with E-state index in [0.29, 0.717) is 11.4 Å². The highest BCUT2D eigenvalue weighted by atomic mass is 16.2. The number of hydrogen-bond acceptors (Lipinski definition) is 4. The lowest BCUT2D eigenvalue weighted by atomic mass is 10.1. The summed E-state index contributed by atoms with van der Waals surface area (Å²) in [5.74, 6) is 6.08. The second-order valence-corrected chi connectivity index (χ2v) is 5.29. The first-order valence-electron chi connectivity index (χ1n) is 7.51. The maximum Gasteiger partial charge on any atom is 0.254 e. The average molecular weight is 276 g/mol. The van der Waals surface area contributed by atoms with E-state index in [1.165, 1.54) is 19.3 Å². The highest BCUT2D eigenvalue weighted by Crippen LogP contribution is 2.16. The monoisotopic (exact) mass is 276 g/mol. The largest absolute Gasteiger partial charge is 0.339 e. The zero-order valence-electron chi connectivity index (χ0n) is 12.2. The van der Waals surface area contributed by atoms with E-state index in [0.717, 1.165) is 38.0 Å². The third-order valence-corrected chi connectivity index (χ3v) is 3.78. The van der Waals surface area contributed by atoms with E-state index >= 15 is 0 Å². The van der Waals surface area contributed by atoms with Crippen molar-refractivity contribution in [3.8, 4) is 0 Å². The highest BCUT2D eigenvalue weighted by Gasteiger charge is 2.18. The van der Waals surface area contributed by atoms with Crippen LogP contribution in [0.15, 0.2) is 12.1 Å². The molecule has 2 heterocycles. The third kappa shape index (κ3) is 3.70. The van der Waals surface area contributed by atoms with E-state index in [4.69, 9.17) is 5.84 Å². The molecule has 20 heavy (non-hydrogen) atoms. The smallest absolute Gasteiger partial charge is 0.254 e. The molecular formula is C15H24N4O. The first kappa shape index (κ1) is 14.8. The van der Waals surface area contributed by atoms with Crippen LogP contribution in [0.3, 0.4) is 0 Å². The topological polar surface area (TPSA) is 71.2 Å². The lowest BCUT2D eigenvalue weighted by molar-refractivity contribution is 0.0742. The Bertz CT molecular complexity index is 431. The van der Waals surface area contributed by atoms with E-state index in [1.807, 2.05) is 17.9 Å². The van der Waals surface area contributed by atoms with Crippen LogP contribution in [0.2, 0.25) is 0 Å². The predicted molar refractivity (Wildman–Crippen MR) is 80.4 cm³/mol. The SMILES string of the molecule is CCc1cc(C(=O)N2CCCCCCC2)cc(NN)n1. The molecule has 0 spiro atoms. The molecule has 0 bridgehead atoms. The van der Waals surface area contributed by atoms with Crippen LogP contribution in [-0.2, 0) is 6.42 Å². The van der Waals surface area contributed by atoms with Gasteiger partial charge in [0.1, 0.15) is 5.82 Å². The summed E-state index contributed by atoms with van der Waals surface area (Å²) in [5.41, 5.74) is 4.11. The number of amides is 1. The molecular weight excluding hydrogens is 252 g/mol. The van der Waals surface area contributed by atoms with Crippen LogP contribution >= 0.6 is 0 Å². The number of hydrogen-bond donors (Lipinski definition) is 2. The molecule has 0 aliphatic carbocycles. The molecule has 2 rings (SSSR count). The molecule has 1 saturated heterocycles. The maximum atomic E-state index is 12.6. The van der Waals surface area contributed by atoms with Crippen molar-refractivity contribution in [2.24, 2.45) is 5.84 Å². The minimum absolute atomic E-state index is 0.0977. The van der Waals surface area contributed by atoms with Crippen LogP contribution in [0.5, 0.6) is 0 Å². The predicted octanol–water partition coefficient (Wildman–Crippen LogP) is 2.34. The molecule has 1 aromatic heterocycles. The Labute approximate surface area is 120 Å². The van der Waals surface area contributed by atoms with Crippen molar-refractivity contribution in [3.63, 3.8) is 0 Å². The number of nitrogens with zero attached hydrogens (tertiary/aromatic N) is 2. The van der Waals surface area contributed by atoms with Crippen molar-refractivity contribution in [3.05, 3.63) is 23.4 Å². The fourth-order valence-corrected chi connectivity index (χ4v) is 2.60. The Morgan fingerprint density at radius 3 is 2.50 bits per heavy atom. The molecule has 1 amide bonds. The van der Waals surface area contributed by atoms with Gasteiger partial charge in [0, 0.05) is 24.3 Å². The average Bonchev–Trinajstić information content (AvgIpc) is 2.45. The summed E-state index contributed by atoms with van der Waals surface area (Å²) >= 11 is 0. The van der Waals surface area contributed by atoms with Gasteiger partial charge in [-0.25, -0.2) is 10.8 Å². The maximum absolute atomic E-state index is 12.6. The number of aryl methyl sites for hydroxylation is 1. The molecule has 0 unspecified atom stereocenters. The molecule has 1 aliphatic rings. The molecule has 0 aromatic carbocycles.